The van der Waals surface area contributed by atoms with E-state index >= 15 is 0 Å². The Labute approximate surface area is 157 Å². The maximum Gasteiger partial charge on any atom is 0.240 e. The van der Waals surface area contributed by atoms with Gasteiger partial charge in [0.25, 0.3) is 0 Å². The summed E-state index contributed by atoms with van der Waals surface area (Å²) < 4.78 is 11.2. The first-order valence-corrected chi connectivity index (χ1v) is 9.96. The SMILES string of the molecule is CSc1ccc(-c2nc(CN(C)Cc3nc(C4CC4)no3)c(C)o2)cc1. The molecule has 4 rings (SSSR count). The third kappa shape index (κ3) is 3.83. The van der Waals surface area contributed by atoms with Gasteiger partial charge in [-0.1, -0.05) is 5.16 Å². The first-order chi connectivity index (χ1) is 12.6. The van der Waals surface area contributed by atoms with Crippen LogP contribution in [-0.2, 0) is 13.1 Å². The molecule has 0 bridgehead atoms. The Balaban J connectivity index is 1.42. The van der Waals surface area contributed by atoms with E-state index in [0.29, 0.717) is 30.8 Å². The van der Waals surface area contributed by atoms with Crippen LogP contribution < -0.4 is 0 Å². The summed E-state index contributed by atoms with van der Waals surface area (Å²) in [4.78, 5) is 12.5. The molecule has 7 heteroatoms. The second-order valence-corrected chi connectivity index (χ2v) is 7.62. The summed E-state index contributed by atoms with van der Waals surface area (Å²) in [6.07, 6.45) is 4.41. The molecule has 2 heterocycles. The number of nitrogens with zero attached hydrogens (tertiary/aromatic N) is 4. The fourth-order valence-corrected chi connectivity index (χ4v) is 3.22. The van der Waals surface area contributed by atoms with E-state index in [9.17, 15) is 0 Å². The molecular weight excluding hydrogens is 348 g/mol. The lowest BCUT2D eigenvalue weighted by Gasteiger charge is -2.12. The molecule has 0 N–H and O–H groups in total. The van der Waals surface area contributed by atoms with Crippen LogP contribution in [0.3, 0.4) is 0 Å². The second kappa shape index (κ2) is 7.25. The molecule has 0 spiro atoms. The standard InChI is InChI=1S/C19H22N4O2S/c1-12-16(20-19(24-12)14-6-8-15(26-3)9-7-14)10-23(2)11-17-21-18(22-25-17)13-4-5-13/h6-9,13H,4-5,10-11H2,1-3H3. The third-order valence-electron chi connectivity index (χ3n) is 4.48. The molecule has 0 aliphatic heterocycles. The molecule has 1 aromatic carbocycles. The minimum Gasteiger partial charge on any atom is -0.441 e. The number of aryl methyl sites for hydroxylation is 1. The minimum absolute atomic E-state index is 0.510. The highest BCUT2D eigenvalue weighted by atomic mass is 32.2. The van der Waals surface area contributed by atoms with Crippen molar-refractivity contribution in [2.75, 3.05) is 13.3 Å². The molecule has 1 aliphatic carbocycles. The van der Waals surface area contributed by atoms with Crippen molar-refractivity contribution in [2.45, 2.75) is 43.7 Å². The number of hydrogen-bond donors (Lipinski definition) is 0. The quantitative estimate of drug-likeness (QED) is 0.575. The van der Waals surface area contributed by atoms with Crippen molar-refractivity contribution in [3.8, 4) is 11.5 Å². The predicted octanol–water partition coefficient (Wildman–Crippen LogP) is 4.26. The summed E-state index contributed by atoms with van der Waals surface area (Å²) in [7, 11) is 2.02. The van der Waals surface area contributed by atoms with Gasteiger partial charge in [0.1, 0.15) is 5.76 Å². The van der Waals surface area contributed by atoms with Gasteiger partial charge in [0.05, 0.1) is 12.2 Å². The van der Waals surface area contributed by atoms with Gasteiger partial charge in [-0.2, -0.15) is 4.98 Å². The highest BCUT2D eigenvalue weighted by molar-refractivity contribution is 7.98. The summed E-state index contributed by atoms with van der Waals surface area (Å²) in [6, 6.07) is 8.25. The van der Waals surface area contributed by atoms with Gasteiger partial charge >= 0.3 is 0 Å². The highest BCUT2D eigenvalue weighted by Crippen LogP contribution is 2.38. The monoisotopic (exact) mass is 370 g/mol. The van der Waals surface area contributed by atoms with Crippen molar-refractivity contribution in [1.29, 1.82) is 0 Å². The van der Waals surface area contributed by atoms with Crippen LogP contribution >= 0.6 is 11.8 Å². The van der Waals surface area contributed by atoms with Gasteiger partial charge in [-0.25, -0.2) is 4.98 Å². The first kappa shape index (κ1) is 17.3. The number of hydrogen-bond acceptors (Lipinski definition) is 7. The topological polar surface area (TPSA) is 68.2 Å². The molecule has 0 unspecified atom stereocenters. The lowest BCUT2D eigenvalue weighted by atomic mass is 10.2. The molecule has 0 radical (unpaired) electrons. The van der Waals surface area contributed by atoms with E-state index < -0.39 is 0 Å². The summed E-state index contributed by atoms with van der Waals surface area (Å²) in [6.45, 7) is 3.22. The van der Waals surface area contributed by atoms with Crippen LogP contribution in [0.5, 0.6) is 0 Å². The largest absolute Gasteiger partial charge is 0.441 e. The molecule has 0 amide bonds. The van der Waals surface area contributed by atoms with E-state index in [1.54, 1.807) is 11.8 Å². The fraction of sp³-hybridized carbons (Fsp3) is 0.421. The second-order valence-electron chi connectivity index (χ2n) is 6.74. The molecule has 136 valence electrons. The van der Waals surface area contributed by atoms with Crippen LogP contribution in [0.1, 0.15) is 41.9 Å². The number of rotatable bonds is 7. The molecule has 3 aromatic rings. The summed E-state index contributed by atoms with van der Waals surface area (Å²) in [5, 5.41) is 4.07. The highest BCUT2D eigenvalue weighted by Gasteiger charge is 2.28. The van der Waals surface area contributed by atoms with Crippen LogP contribution in [0.25, 0.3) is 11.5 Å². The lowest BCUT2D eigenvalue weighted by molar-refractivity contribution is 0.257. The van der Waals surface area contributed by atoms with Gasteiger partial charge in [0.2, 0.25) is 11.8 Å². The van der Waals surface area contributed by atoms with Crippen molar-refractivity contribution < 1.29 is 8.94 Å². The van der Waals surface area contributed by atoms with E-state index in [4.69, 9.17) is 8.94 Å². The summed E-state index contributed by atoms with van der Waals surface area (Å²) in [5.41, 5.74) is 1.92. The van der Waals surface area contributed by atoms with Crippen LogP contribution in [0.2, 0.25) is 0 Å². The molecule has 2 aromatic heterocycles. The van der Waals surface area contributed by atoms with Crippen LogP contribution in [0.15, 0.2) is 38.1 Å². The van der Waals surface area contributed by atoms with Gasteiger partial charge < -0.3 is 8.94 Å². The van der Waals surface area contributed by atoms with E-state index in [2.05, 4.69) is 38.4 Å². The van der Waals surface area contributed by atoms with Gasteiger partial charge in [0, 0.05) is 22.9 Å². The fourth-order valence-electron chi connectivity index (χ4n) is 2.81. The summed E-state index contributed by atoms with van der Waals surface area (Å²) >= 11 is 1.72. The van der Waals surface area contributed by atoms with Crippen molar-refractivity contribution >= 4 is 11.8 Å². The average Bonchev–Trinajstić information content (AvgIpc) is 3.29. The summed E-state index contributed by atoms with van der Waals surface area (Å²) in [5.74, 6) is 3.51. The van der Waals surface area contributed by atoms with E-state index in [1.807, 2.05) is 26.1 Å². The van der Waals surface area contributed by atoms with Gasteiger partial charge in [-0.3, -0.25) is 4.90 Å². The van der Waals surface area contributed by atoms with Crippen LogP contribution in [0.4, 0.5) is 0 Å². The maximum atomic E-state index is 5.87. The van der Waals surface area contributed by atoms with Crippen LogP contribution in [0, 0.1) is 6.92 Å². The van der Waals surface area contributed by atoms with Crippen molar-refractivity contribution in [1.82, 2.24) is 20.0 Å². The molecule has 26 heavy (non-hydrogen) atoms. The zero-order valence-corrected chi connectivity index (χ0v) is 16.0. The normalized spacial score (nSPS) is 14.3. The lowest BCUT2D eigenvalue weighted by Crippen LogP contribution is -2.18. The van der Waals surface area contributed by atoms with E-state index in [0.717, 1.165) is 22.8 Å². The van der Waals surface area contributed by atoms with Gasteiger partial charge in [-0.15, -0.1) is 11.8 Å². The Bertz CT molecular complexity index is 883. The average molecular weight is 370 g/mol. The van der Waals surface area contributed by atoms with Crippen molar-refractivity contribution in [2.24, 2.45) is 0 Å². The Morgan fingerprint density at radius 3 is 2.62 bits per heavy atom. The number of thioether (sulfide) groups is 1. The molecule has 0 atom stereocenters. The van der Waals surface area contributed by atoms with Crippen molar-refractivity contribution in [3.05, 3.63) is 47.4 Å². The zero-order chi connectivity index (χ0) is 18.1. The van der Waals surface area contributed by atoms with Gasteiger partial charge in [-0.05, 0) is 57.3 Å². The van der Waals surface area contributed by atoms with E-state index in [-0.39, 0.29) is 0 Å². The Kier molecular flexibility index (Phi) is 4.82. The molecule has 1 aliphatic rings. The Morgan fingerprint density at radius 2 is 1.92 bits per heavy atom. The molecule has 1 fully saturated rings. The number of aromatic nitrogens is 3. The first-order valence-electron chi connectivity index (χ1n) is 8.74. The smallest absolute Gasteiger partial charge is 0.240 e. The maximum absolute atomic E-state index is 5.87. The van der Waals surface area contributed by atoms with Crippen molar-refractivity contribution in [3.63, 3.8) is 0 Å². The molecule has 1 saturated carbocycles. The Morgan fingerprint density at radius 1 is 1.15 bits per heavy atom. The molecular formula is C19H22N4O2S. The molecule has 6 nitrogen and oxygen atoms in total. The Hall–Kier alpha value is -2.12. The van der Waals surface area contributed by atoms with Gasteiger partial charge in [0.15, 0.2) is 5.82 Å². The predicted molar refractivity (Wildman–Crippen MR) is 99.9 cm³/mol. The number of benzene rings is 1. The minimum atomic E-state index is 0.510. The third-order valence-corrected chi connectivity index (χ3v) is 5.22. The zero-order valence-electron chi connectivity index (χ0n) is 15.2. The van der Waals surface area contributed by atoms with E-state index in [1.165, 1.54) is 17.7 Å². The molecule has 0 saturated heterocycles. The number of oxazole rings is 1. The van der Waals surface area contributed by atoms with Crippen LogP contribution in [-0.4, -0.2) is 33.3 Å².